The van der Waals surface area contributed by atoms with Crippen molar-refractivity contribution in [2.75, 3.05) is 39.6 Å². The molecule has 2 unspecified atom stereocenters. The van der Waals surface area contributed by atoms with Gasteiger partial charge in [-0.15, -0.1) is 0 Å². The van der Waals surface area contributed by atoms with Gasteiger partial charge < -0.3 is 28.8 Å². The maximum Gasteiger partial charge on any atom is 0.306 e. The summed E-state index contributed by atoms with van der Waals surface area (Å²) >= 11 is 0. The molecule has 0 aromatic rings. The number of unbranched alkanes of at least 4 members (excludes halogenated alkanes) is 10. The van der Waals surface area contributed by atoms with Crippen LogP contribution < -0.4 is 0 Å². The van der Waals surface area contributed by atoms with Gasteiger partial charge in [-0.05, 0) is 95.3 Å². The van der Waals surface area contributed by atoms with Gasteiger partial charge in [0.1, 0.15) is 19.8 Å². The lowest BCUT2D eigenvalue weighted by Crippen LogP contribution is -2.42. The predicted octanol–water partition coefficient (Wildman–Crippen LogP) is 10.4. The third-order valence-electron chi connectivity index (χ3n) is 10.7. The molecule has 1 saturated carbocycles. The van der Waals surface area contributed by atoms with E-state index < -0.39 is 29.9 Å². The van der Waals surface area contributed by atoms with Gasteiger partial charge in [0, 0.05) is 32.1 Å². The molecule has 1 N–H and O–H groups in total. The van der Waals surface area contributed by atoms with Gasteiger partial charge in [-0.1, -0.05) is 102 Å². The minimum Gasteiger partial charge on any atom is -0.465 e. The van der Waals surface area contributed by atoms with E-state index in [0.29, 0.717) is 70.5 Å². The van der Waals surface area contributed by atoms with Gasteiger partial charge in [-0.3, -0.25) is 24.0 Å². The van der Waals surface area contributed by atoms with Crippen molar-refractivity contribution in [3.05, 3.63) is 36.5 Å². The lowest BCUT2D eigenvalue weighted by Gasteiger charge is -2.32. The average Bonchev–Trinajstić information content (AvgIpc) is 3.22. The second kappa shape index (κ2) is 35.3. The monoisotopic (exact) mass is 833 g/mol. The molecule has 0 amide bonds. The molecular formula is C48H80O11. The fraction of sp³-hybridized carbons (Fsp3) is 0.771. The summed E-state index contributed by atoms with van der Waals surface area (Å²) in [6, 6.07) is 0. The third kappa shape index (κ3) is 29.4. The number of ether oxygens (including phenoxy) is 5. The summed E-state index contributed by atoms with van der Waals surface area (Å²) in [5.74, 6) is -1.33. The zero-order chi connectivity index (χ0) is 43.4. The van der Waals surface area contributed by atoms with Crippen LogP contribution in [0.2, 0.25) is 0 Å². The van der Waals surface area contributed by atoms with Gasteiger partial charge in [-0.25, -0.2) is 0 Å². The van der Waals surface area contributed by atoms with E-state index in [-0.39, 0.29) is 69.8 Å². The van der Waals surface area contributed by atoms with E-state index in [0.717, 1.165) is 44.1 Å². The van der Waals surface area contributed by atoms with Crippen LogP contribution in [0.1, 0.15) is 181 Å². The van der Waals surface area contributed by atoms with Crippen LogP contribution in [0, 0.1) is 17.3 Å². The third-order valence-corrected chi connectivity index (χ3v) is 10.7. The standard InChI is InChI=1S/C48H80O11/c1-5-8-10-12-14-16-24-30-55-43(50)26-20-18-22-28-45(52)57-37-48(36-49,39-59-47(54)35-42-33-40(4)32-41(7-3)34-42)38-58-46(53)29-23-19-21-27-44(51)56-31-25-17-15-13-11-9-6-2/h14-17,41-42,49H,4-13,18-39H2,1-3H3/b16-14-,17-15-. The highest BCUT2D eigenvalue weighted by molar-refractivity contribution is 5.71. The van der Waals surface area contributed by atoms with Crippen molar-refractivity contribution in [2.45, 2.75) is 181 Å². The predicted molar refractivity (Wildman–Crippen MR) is 231 cm³/mol. The number of carbonyl (C=O) groups excluding carboxylic acids is 5. The second-order valence-corrected chi connectivity index (χ2v) is 16.5. The number of allylic oxidation sites excluding steroid dienone is 3. The molecule has 11 heteroatoms. The number of rotatable bonds is 36. The molecule has 0 radical (unpaired) electrons. The first-order valence-electron chi connectivity index (χ1n) is 22.9. The van der Waals surface area contributed by atoms with Crippen LogP contribution in [0.4, 0.5) is 0 Å². The van der Waals surface area contributed by atoms with Crippen molar-refractivity contribution in [1.29, 1.82) is 0 Å². The fourth-order valence-electron chi connectivity index (χ4n) is 6.96. The van der Waals surface area contributed by atoms with E-state index in [2.05, 4.69) is 39.5 Å². The van der Waals surface area contributed by atoms with E-state index in [4.69, 9.17) is 23.7 Å². The molecule has 0 bridgehead atoms. The molecule has 1 aliphatic carbocycles. The number of carbonyl (C=O) groups is 5. The second-order valence-electron chi connectivity index (χ2n) is 16.5. The lowest BCUT2D eigenvalue weighted by molar-refractivity contribution is -0.166. The summed E-state index contributed by atoms with van der Waals surface area (Å²) < 4.78 is 27.3. The van der Waals surface area contributed by atoms with Gasteiger partial charge >= 0.3 is 29.8 Å². The molecule has 2 atom stereocenters. The lowest BCUT2D eigenvalue weighted by atomic mass is 9.76. The number of hydrogen-bond donors (Lipinski definition) is 1. The van der Waals surface area contributed by atoms with Crippen LogP contribution in [0.15, 0.2) is 36.5 Å². The van der Waals surface area contributed by atoms with Crippen molar-refractivity contribution in [2.24, 2.45) is 17.3 Å². The smallest absolute Gasteiger partial charge is 0.306 e. The highest BCUT2D eigenvalue weighted by Crippen LogP contribution is 2.36. The number of hydrogen-bond acceptors (Lipinski definition) is 11. The number of aliphatic hydroxyl groups is 1. The minimum atomic E-state index is -1.34. The molecule has 0 spiro atoms. The highest BCUT2D eigenvalue weighted by atomic mass is 16.6. The first kappa shape index (κ1) is 53.5. The molecule has 0 aromatic carbocycles. The molecule has 59 heavy (non-hydrogen) atoms. The van der Waals surface area contributed by atoms with Crippen LogP contribution in [0.5, 0.6) is 0 Å². The molecule has 0 saturated heterocycles. The van der Waals surface area contributed by atoms with Crippen LogP contribution >= 0.6 is 0 Å². The summed E-state index contributed by atoms with van der Waals surface area (Å²) in [6.07, 6.45) is 27.1. The fourth-order valence-corrected chi connectivity index (χ4v) is 6.96. The van der Waals surface area contributed by atoms with Crippen LogP contribution in [0.3, 0.4) is 0 Å². The molecule has 0 heterocycles. The summed E-state index contributed by atoms with van der Waals surface area (Å²) in [7, 11) is 0. The van der Waals surface area contributed by atoms with Crippen LogP contribution in [-0.2, 0) is 47.7 Å². The number of esters is 5. The molecule has 1 aliphatic rings. The molecule has 0 aliphatic heterocycles. The van der Waals surface area contributed by atoms with Gasteiger partial charge in [0.25, 0.3) is 0 Å². The van der Waals surface area contributed by atoms with E-state index >= 15 is 0 Å². The zero-order valence-electron chi connectivity index (χ0n) is 37.1. The van der Waals surface area contributed by atoms with Crippen LogP contribution in [-0.4, -0.2) is 74.6 Å². The first-order valence-corrected chi connectivity index (χ1v) is 22.9. The summed E-state index contributed by atoms with van der Waals surface area (Å²) in [5, 5.41) is 10.5. The molecular weight excluding hydrogens is 753 g/mol. The van der Waals surface area contributed by atoms with Gasteiger partial charge in [-0.2, -0.15) is 0 Å². The quantitative estimate of drug-likeness (QED) is 0.0278. The average molecular weight is 833 g/mol. The molecule has 1 rings (SSSR count). The topological polar surface area (TPSA) is 152 Å². The Morgan fingerprint density at radius 3 is 1.39 bits per heavy atom. The summed E-state index contributed by atoms with van der Waals surface area (Å²) in [6.45, 7) is 9.90. The Bertz CT molecular complexity index is 1180. The summed E-state index contributed by atoms with van der Waals surface area (Å²) in [5.41, 5.74) is -0.205. The van der Waals surface area contributed by atoms with Crippen molar-refractivity contribution < 1.29 is 52.8 Å². The van der Waals surface area contributed by atoms with Crippen molar-refractivity contribution >= 4 is 29.8 Å². The number of aliphatic hydroxyl groups excluding tert-OH is 1. The Morgan fingerprint density at radius 2 is 0.966 bits per heavy atom. The van der Waals surface area contributed by atoms with E-state index in [9.17, 15) is 29.1 Å². The molecule has 338 valence electrons. The van der Waals surface area contributed by atoms with Crippen LogP contribution in [0.25, 0.3) is 0 Å². The zero-order valence-corrected chi connectivity index (χ0v) is 37.1. The van der Waals surface area contributed by atoms with Crippen molar-refractivity contribution in [1.82, 2.24) is 0 Å². The van der Waals surface area contributed by atoms with Gasteiger partial charge in [0.15, 0.2) is 0 Å². The van der Waals surface area contributed by atoms with Gasteiger partial charge in [0.05, 0.1) is 25.2 Å². The minimum absolute atomic E-state index is 0.104. The Balaban J connectivity index is 2.54. The Labute approximate surface area is 356 Å². The SMILES string of the molecule is C=C1CC(CC)CC(CC(=O)OCC(CO)(COC(=O)CCCCCC(=O)OCC/C=C\CCCCC)COC(=O)CCCCCC(=O)OCC/C=C\CCCCC)C1. The molecule has 1 fully saturated rings. The van der Waals surface area contributed by atoms with Crippen molar-refractivity contribution in [3.63, 3.8) is 0 Å². The Kier molecular flexibility index (Phi) is 32.0. The normalized spacial score (nSPS) is 15.7. The molecule has 0 aromatic heterocycles. The Morgan fingerprint density at radius 1 is 0.559 bits per heavy atom. The summed E-state index contributed by atoms with van der Waals surface area (Å²) in [4.78, 5) is 62.6. The van der Waals surface area contributed by atoms with E-state index in [1.54, 1.807) is 0 Å². The van der Waals surface area contributed by atoms with E-state index in [1.807, 2.05) is 12.2 Å². The Hall–Kier alpha value is -3.47. The first-order chi connectivity index (χ1) is 28.6. The van der Waals surface area contributed by atoms with E-state index in [1.165, 1.54) is 38.5 Å². The highest BCUT2D eigenvalue weighted by Gasteiger charge is 2.36. The maximum absolute atomic E-state index is 13.0. The molecule has 11 nitrogen and oxygen atoms in total. The maximum atomic E-state index is 13.0. The van der Waals surface area contributed by atoms with Crippen molar-refractivity contribution in [3.8, 4) is 0 Å². The van der Waals surface area contributed by atoms with Gasteiger partial charge in [0.2, 0.25) is 0 Å². The largest absolute Gasteiger partial charge is 0.465 e.